The fourth-order valence-electron chi connectivity index (χ4n) is 4.42. The molecule has 0 spiro atoms. The molecule has 0 fully saturated rings. The van der Waals surface area contributed by atoms with Crippen molar-refractivity contribution in [2.75, 3.05) is 18.5 Å². The summed E-state index contributed by atoms with van der Waals surface area (Å²) in [5.41, 5.74) is 3.97. The average molecular weight is 652 g/mol. The van der Waals surface area contributed by atoms with Gasteiger partial charge in [-0.05, 0) is 30.7 Å². The van der Waals surface area contributed by atoms with Crippen molar-refractivity contribution < 1.29 is 35.8 Å². The number of amides is 1. The second-order valence-electron chi connectivity index (χ2n) is 10.1. The summed E-state index contributed by atoms with van der Waals surface area (Å²) in [6.07, 6.45) is 17.9. The Kier molecular flexibility index (Phi) is 17.7. The Labute approximate surface area is 260 Å². The number of halogens is 2. The Morgan fingerprint density at radius 2 is 1.52 bits per heavy atom. The molecule has 3 aromatic rings. The SMILES string of the molecule is CCCCCCCCCCCCCCOc1ccc(OCC(=O)Nc2ccc(C[n+]3ccsc3)cc2)c(Cl)c1.[Br-]. The van der Waals surface area contributed by atoms with E-state index in [0.717, 1.165) is 24.4 Å². The molecule has 0 aliphatic rings. The summed E-state index contributed by atoms with van der Waals surface area (Å²) in [7, 11) is 0. The fraction of sp³-hybridized carbons (Fsp3) is 0.500. The molecular formula is C32H44BrClN2O3S. The van der Waals surface area contributed by atoms with Crippen LogP contribution in [0, 0.1) is 0 Å². The Balaban J connectivity index is 0.00000560. The van der Waals surface area contributed by atoms with Gasteiger partial charge in [-0.2, -0.15) is 4.57 Å². The first-order valence-corrected chi connectivity index (χ1v) is 15.8. The van der Waals surface area contributed by atoms with E-state index in [0.29, 0.717) is 17.4 Å². The van der Waals surface area contributed by atoms with Gasteiger partial charge in [0, 0.05) is 17.3 Å². The summed E-state index contributed by atoms with van der Waals surface area (Å²) < 4.78 is 13.6. The highest BCUT2D eigenvalue weighted by Gasteiger charge is 2.09. The zero-order valence-electron chi connectivity index (χ0n) is 23.7. The first-order valence-electron chi connectivity index (χ1n) is 14.5. The van der Waals surface area contributed by atoms with Crippen LogP contribution in [0.2, 0.25) is 5.02 Å². The van der Waals surface area contributed by atoms with Crippen LogP contribution in [-0.4, -0.2) is 19.1 Å². The largest absolute Gasteiger partial charge is 1.00 e. The zero-order chi connectivity index (χ0) is 27.5. The Bertz CT molecular complexity index is 1080. The van der Waals surface area contributed by atoms with E-state index in [2.05, 4.69) is 22.3 Å². The monoisotopic (exact) mass is 650 g/mol. The number of rotatable bonds is 20. The van der Waals surface area contributed by atoms with Gasteiger partial charge in [0.2, 0.25) is 5.51 Å². The lowest BCUT2D eigenvalue weighted by Gasteiger charge is -2.11. The molecule has 3 rings (SSSR count). The zero-order valence-corrected chi connectivity index (χ0v) is 26.9. The third kappa shape index (κ3) is 14.0. The van der Waals surface area contributed by atoms with Crippen LogP contribution in [0.1, 0.15) is 89.5 Å². The minimum Gasteiger partial charge on any atom is -1.00 e. The molecule has 0 aliphatic carbocycles. The number of unbranched alkanes of at least 4 members (excludes halogenated alkanes) is 11. The second kappa shape index (κ2) is 20.7. The number of benzene rings is 2. The first-order chi connectivity index (χ1) is 19.1. The predicted octanol–water partition coefficient (Wildman–Crippen LogP) is 5.84. The molecule has 1 heterocycles. The third-order valence-electron chi connectivity index (χ3n) is 6.66. The fourth-order valence-corrected chi connectivity index (χ4v) is 5.24. The summed E-state index contributed by atoms with van der Waals surface area (Å²) in [6.45, 7) is 3.63. The van der Waals surface area contributed by atoms with Crippen molar-refractivity contribution in [1.29, 1.82) is 0 Å². The van der Waals surface area contributed by atoms with E-state index in [4.69, 9.17) is 21.1 Å². The van der Waals surface area contributed by atoms with E-state index in [1.807, 2.05) is 41.9 Å². The second-order valence-corrected chi connectivity index (χ2v) is 11.2. The number of carbonyl (C=O) groups excluding carboxylic acids is 1. The predicted molar refractivity (Wildman–Crippen MR) is 162 cm³/mol. The van der Waals surface area contributed by atoms with Crippen LogP contribution in [0.3, 0.4) is 0 Å². The van der Waals surface area contributed by atoms with Crippen molar-refractivity contribution in [2.24, 2.45) is 0 Å². The normalized spacial score (nSPS) is 10.7. The molecule has 0 saturated carbocycles. The van der Waals surface area contributed by atoms with Crippen molar-refractivity contribution in [3.63, 3.8) is 0 Å². The number of hydrogen-bond donors (Lipinski definition) is 1. The van der Waals surface area contributed by atoms with Crippen molar-refractivity contribution >= 4 is 34.5 Å². The minimum absolute atomic E-state index is 0. The molecule has 1 aromatic heterocycles. The van der Waals surface area contributed by atoms with E-state index in [1.54, 1.807) is 23.5 Å². The number of anilines is 1. The van der Waals surface area contributed by atoms with Crippen molar-refractivity contribution in [1.82, 2.24) is 0 Å². The van der Waals surface area contributed by atoms with Gasteiger partial charge in [-0.1, -0.05) is 113 Å². The molecule has 40 heavy (non-hydrogen) atoms. The molecule has 0 aliphatic heterocycles. The van der Waals surface area contributed by atoms with Gasteiger partial charge >= 0.3 is 0 Å². The van der Waals surface area contributed by atoms with Crippen molar-refractivity contribution in [3.8, 4) is 11.5 Å². The highest BCUT2D eigenvalue weighted by Crippen LogP contribution is 2.29. The van der Waals surface area contributed by atoms with E-state index >= 15 is 0 Å². The van der Waals surface area contributed by atoms with Crippen molar-refractivity contribution in [3.05, 3.63) is 70.1 Å². The van der Waals surface area contributed by atoms with Gasteiger partial charge in [-0.25, -0.2) is 0 Å². The molecule has 1 N–H and O–H groups in total. The molecule has 1 amide bonds. The third-order valence-corrected chi connectivity index (χ3v) is 7.63. The van der Waals surface area contributed by atoms with Crippen LogP contribution in [0.5, 0.6) is 11.5 Å². The van der Waals surface area contributed by atoms with Crippen LogP contribution in [0.25, 0.3) is 0 Å². The van der Waals surface area contributed by atoms with Gasteiger partial charge in [0.1, 0.15) is 11.5 Å². The molecule has 0 saturated heterocycles. The van der Waals surface area contributed by atoms with Gasteiger partial charge in [-0.3, -0.25) is 4.79 Å². The van der Waals surface area contributed by atoms with Crippen LogP contribution >= 0.6 is 22.9 Å². The van der Waals surface area contributed by atoms with Gasteiger partial charge in [0.25, 0.3) is 5.91 Å². The molecular weight excluding hydrogens is 608 g/mol. The lowest BCUT2D eigenvalue weighted by molar-refractivity contribution is -0.683. The number of thiazole rings is 1. The summed E-state index contributed by atoms with van der Waals surface area (Å²) in [6, 6.07) is 13.2. The van der Waals surface area contributed by atoms with E-state index in [9.17, 15) is 4.79 Å². The molecule has 220 valence electrons. The number of ether oxygens (including phenoxy) is 2. The van der Waals surface area contributed by atoms with Crippen molar-refractivity contribution in [2.45, 2.75) is 90.5 Å². The Morgan fingerprint density at radius 1 is 0.875 bits per heavy atom. The molecule has 8 heteroatoms. The lowest BCUT2D eigenvalue weighted by atomic mass is 10.1. The maximum absolute atomic E-state index is 12.3. The standard InChI is InChI=1S/C32H43ClN2O3S.BrH/c1-2-3-4-5-6-7-8-9-10-11-12-13-21-37-29-18-19-31(30(33)23-29)38-25-32(36)34-28-16-14-27(15-17-28)24-35-20-22-39-26-35;/h14-20,22-23,26H,2-13,21,24-25H2,1H3;1H. The topological polar surface area (TPSA) is 51.4 Å². The number of hydrogen-bond acceptors (Lipinski definition) is 4. The van der Waals surface area contributed by atoms with E-state index < -0.39 is 0 Å². The smallest absolute Gasteiger partial charge is 0.262 e. The van der Waals surface area contributed by atoms with E-state index in [1.165, 1.54) is 76.2 Å². The van der Waals surface area contributed by atoms with Gasteiger partial charge in [0.05, 0.1) is 17.0 Å². The van der Waals surface area contributed by atoms with E-state index in [-0.39, 0.29) is 29.5 Å². The molecule has 0 radical (unpaired) electrons. The van der Waals surface area contributed by atoms with Crippen LogP contribution < -0.4 is 36.3 Å². The number of carbonyl (C=O) groups is 1. The first kappa shape index (κ1) is 34.1. The Hall–Kier alpha value is -2.09. The maximum Gasteiger partial charge on any atom is 0.262 e. The quantitative estimate of drug-likeness (QED) is 0.123. The Morgan fingerprint density at radius 3 is 2.12 bits per heavy atom. The summed E-state index contributed by atoms with van der Waals surface area (Å²) >= 11 is 8.03. The highest BCUT2D eigenvalue weighted by atomic mass is 79.9. The summed E-state index contributed by atoms with van der Waals surface area (Å²) in [5.74, 6) is 0.951. The van der Waals surface area contributed by atoms with Crippen LogP contribution in [0.4, 0.5) is 5.69 Å². The number of nitrogens with zero attached hydrogens (tertiary/aromatic N) is 1. The minimum atomic E-state index is -0.238. The van der Waals surface area contributed by atoms with Crippen LogP contribution in [0.15, 0.2) is 59.6 Å². The highest BCUT2D eigenvalue weighted by molar-refractivity contribution is 7.07. The molecule has 5 nitrogen and oxygen atoms in total. The molecule has 0 unspecified atom stereocenters. The molecule has 0 atom stereocenters. The number of nitrogens with one attached hydrogen (secondary N) is 1. The summed E-state index contributed by atoms with van der Waals surface area (Å²) in [5, 5.41) is 5.34. The average Bonchev–Trinajstić information content (AvgIpc) is 3.45. The lowest BCUT2D eigenvalue weighted by Crippen LogP contribution is -3.00. The van der Waals surface area contributed by atoms with Crippen LogP contribution in [-0.2, 0) is 11.3 Å². The molecule has 0 bridgehead atoms. The molecule has 2 aromatic carbocycles. The maximum atomic E-state index is 12.3. The van der Waals surface area contributed by atoms with Gasteiger partial charge in [-0.15, -0.1) is 0 Å². The number of aromatic nitrogens is 1. The summed E-state index contributed by atoms with van der Waals surface area (Å²) in [4.78, 5) is 12.3. The van der Waals surface area contributed by atoms with Gasteiger partial charge in [0.15, 0.2) is 19.3 Å². The van der Waals surface area contributed by atoms with Gasteiger partial charge < -0.3 is 31.8 Å².